The SMILES string of the molecule is Cn1c(N)c(N=Cc2ccccc2O)c(=O)[nH]c1=O. The third kappa shape index (κ3) is 2.39. The van der Waals surface area contributed by atoms with Crippen LogP contribution in [0.2, 0.25) is 0 Å². The summed E-state index contributed by atoms with van der Waals surface area (Å²) >= 11 is 0. The van der Waals surface area contributed by atoms with Gasteiger partial charge in [-0.1, -0.05) is 12.1 Å². The van der Waals surface area contributed by atoms with Crippen LogP contribution in [-0.4, -0.2) is 20.9 Å². The van der Waals surface area contributed by atoms with Crippen LogP contribution in [0, 0.1) is 0 Å². The van der Waals surface area contributed by atoms with E-state index in [4.69, 9.17) is 5.73 Å². The Bertz CT molecular complexity index is 758. The molecule has 0 spiro atoms. The molecule has 7 heteroatoms. The number of hydrogen-bond donors (Lipinski definition) is 3. The normalized spacial score (nSPS) is 11.0. The van der Waals surface area contributed by atoms with Crippen molar-refractivity contribution < 1.29 is 5.11 Å². The number of phenolic OH excluding ortho intramolecular Hbond substituents is 1. The molecular formula is C12H12N4O3. The average Bonchev–Trinajstić information content (AvgIpc) is 2.38. The van der Waals surface area contributed by atoms with Gasteiger partial charge in [-0.05, 0) is 12.1 Å². The van der Waals surface area contributed by atoms with Gasteiger partial charge >= 0.3 is 5.69 Å². The van der Waals surface area contributed by atoms with Crippen molar-refractivity contribution in [2.75, 3.05) is 5.73 Å². The number of H-pyrrole nitrogens is 1. The van der Waals surface area contributed by atoms with Crippen molar-refractivity contribution >= 4 is 17.7 Å². The maximum atomic E-state index is 11.6. The van der Waals surface area contributed by atoms with Gasteiger partial charge in [0.1, 0.15) is 11.6 Å². The molecule has 0 aliphatic heterocycles. The molecule has 2 aromatic rings. The summed E-state index contributed by atoms with van der Waals surface area (Å²) in [6.45, 7) is 0. The van der Waals surface area contributed by atoms with Gasteiger partial charge in [-0.3, -0.25) is 14.3 Å². The van der Waals surface area contributed by atoms with Gasteiger partial charge in [-0.25, -0.2) is 9.79 Å². The number of nitrogens with two attached hydrogens (primary N) is 1. The van der Waals surface area contributed by atoms with Crippen molar-refractivity contribution in [3.63, 3.8) is 0 Å². The summed E-state index contributed by atoms with van der Waals surface area (Å²) in [4.78, 5) is 28.9. The highest BCUT2D eigenvalue weighted by Crippen LogP contribution is 2.16. The second-order valence-corrected chi connectivity index (χ2v) is 3.87. The summed E-state index contributed by atoms with van der Waals surface area (Å²) in [6, 6.07) is 6.51. The largest absolute Gasteiger partial charge is 0.507 e. The zero-order valence-electron chi connectivity index (χ0n) is 10.1. The number of aromatic nitrogens is 2. The Morgan fingerprint density at radius 2 is 2.05 bits per heavy atom. The Morgan fingerprint density at radius 3 is 2.74 bits per heavy atom. The minimum atomic E-state index is -0.674. The van der Waals surface area contributed by atoms with Crippen LogP contribution >= 0.6 is 0 Å². The van der Waals surface area contributed by atoms with Crippen molar-refractivity contribution in [2.24, 2.45) is 12.0 Å². The van der Waals surface area contributed by atoms with Crippen molar-refractivity contribution in [1.82, 2.24) is 9.55 Å². The fourth-order valence-electron chi connectivity index (χ4n) is 1.48. The van der Waals surface area contributed by atoms with Gasteiger partial charge < -0.3 is 10.8 Å². The number of aromatic hydroxyl groups is 1. The van der Waals surface area contributed by atoms with Crippen LogP contribution in [0.25, 0.3) is 0 Å². The molecule has 0 radical (unpaired) electrons. The van der Waals surface area contributed by atoms with Crippen molar-refractivity contribution in [1.29, 1.82) is 0 Å². The molecule has 2 rings (SSSR count). The number of phenols is 1. The smallest absolute Gasteiger partial charge is 0.329 e. The molecule has 4 N–H and O–H groups in total. The highest BCUT2D eigenvalue weighted by molar-refractivity contribution is 5.86. The van der Waals surface area contributed by atoms with E-state index in [9.17, 15) is 14.7 Å². The molecule has 0 atom stereocenters. The summed E-state index contributed by atoms with van der Waals surface area (Å²) in [5.74, 6) is -0.00788. The number of para-hydroxylation sites is 1. The predicted octanol–water partition coefficient (Wildman–Crippen LogP) is 0.112. The van der Waals surface area contributed by atoms with E-state index in [0.29, 0.717) is 5.56 Å². The first-order valence-corrected chi connectivity index (χ1v) is 5.41. The quantitative estimate of drug-likeness (QED) is 0.665. The number of benzene rings is 1. The fraction of sp³-hybridized carbons (Fsp3) is 0.0833. The van der Waals surface area contributed by atoms with E-state index in [2.05, 4.69) is 9.98 Å². The summed E-state index contributed by atoms with van der Waals surface area (Å²) < 4.78 is 1.08. The molecular weight excluding hydrogens is 248 g/mol. The first kappa shape index (κ1) is 12.6. The number of anilines is 1. The minimum absolute atomic E-state index is 0.0334. The number of aliphatic imine (C=N–C) groups is 1. The lowest BCUT2D eigenvalue weighted by Crippen LogP contribution is -2.30. The number of nitrogen functional groups attached to an aromatic ring is 1. The molecule has 0 amide bonds. The maximum Gasteiger partial charge on any atom is 0.329 e. The molecule has 0 aliphatic carbocycles. The van der Waals surface area contributed by atoms with E-state index in [1.807, 2.05) is 0 Å². The molecule has 1 heterocycles. The van der Waals surface area contributed by atoms with Crippen LogP contribution in [0.5, 0.6) is 5.75 Å². The Balaban J connectivity index is 2.51. The van der Waals surface area contributed by atoms with Gasteiger partial charge in [0.15, 0.2) is 5.69 Å². The second-order valence-electron chi connectivity index (χ2n) is 3.87. The first-order valence-electron chi connectivity index (χ1n) is 5.41. The summed E-state index contributed by atoms with van der Waals surface area (Å²) in [6.07, 6.45) is 1.31. The fourth-order valence-corrected chi connectivity index (χ4v) is 1.48. The Kier molecular flexibility index (Phi) is 3.19. The zero-order valence-corrected chi connectivity index (χ0v) is 10.1. The van der Waals surface area contributed by atoms with Crippen molar-refractivity contribution in [3.8, 4) is 5.75 Å². The number of nitrogens with one attached hydrogen (secondary N) is 1. The van der Waals surface area contributed by atoms with Gasteiger partial charge in [0.2, 0.25) is 0 Å². The van der Waals surface area contributed by atoms with Crippen molar-refractivity contribution in [2.45, 2.75) is 0 Å². The number of rotatable bonds is 2. The Labute approximate surface area is 107 Å². The lowest BCUT2D eigenvalue weighted by atomic mass is 10.2. The summed E-state index contributed by atoms with van der Waals surface area (Å²) in [7, 11) is 1.42. The minimum Gasteiger partial charge on any atom is -0.507 e. The number of hydrogen-bond acceptors (Lipinski definition) is 5. The summed E-state index contributed by atoms with van der Waals surface area (Å²) in [5, 5.41) is 9.56. The zero-order chi connectivity index (χ0) is 14.0. The summed E-state index contributed by atoms with van der Waals surface area (Å²) in [5.41, 5.74) is 4.73. The molecule has 0 aliphatic rings. The molecule has 0 unspecified atom stereocenters. The lowest BCUT2D eigenvalue weighted by molar-refractivity contribution is 0.474. The van der Waals surface area contributed by atoms with Gasteiger partial charge in [-0.15, -0.1) is 0 Å². The van der Waals surface area contributed by atoms with Crippen LogP contribution in [0.1, 0.15) is 5.56 Å². The average molecular weight is 260 g/mol. The lowest BCUT2D eigenvalue weighted by Gasteiger charge is -2.04. The van der Waals surface area contributed by atoms with E-state index < -0.39 is 11.2 Å². The second kappa shape index (κ2) is 4.81. The van der Waals surface area contributed by atoms with Gasteiger partial charge in [0, 0.05) is 18.8 Å². The Morgan fingerprint density at radius 1 is 1.37 bits per heavy atom. The monoisotopic (exact) mass is 260 g/mol. The molecule has 0 bridgehead atoms. The first-order chi connectivity index (χ1) is 9.00. The molecule has 1 aromatic carbocycles. The third-order valence-electron chi connectivity index (χ3n) is 2.61. The van der Waals surface area contributed by atoms with Crippen LogP contribution < -0.4 is 17.0 Å². The molecule has 19 heavy (non-hydrogen) atoms. The van der Waals surface area contributed by atoms with E-state index >= 15 is 0 Å². The maximum absolute atomic E-state index is 11.6. The number of aromatic amines is 1. The van der Waals surface area contributed by atoms with E-state index in [1.54, 1.807) is 18.2 Å². The number of nitrogens with zero attached hydrogens (tertiary/aromatic N) is 2. The van der Waals surface area contributed by atoms with Crippen LogP contribution in [0.3, 0.4) is 0 Å². The highest BCUT2D eigenvalue weighted by atomic mass is 16.3. The molecule has 1 aromatic heterocycles. The van der Waals surface area contributed by atoms with Gasteiger partial charge in [0.05, 0.1) is 0 Å². The molecule has 0 fully saturated rings. The molecule has 0 saturated carbocycles. The molecule has 0 saturated heterocycles. The van der Waals surface area contributed by atoms with E-state index in [-0.39, 0.29) is 17.3 Å². The van der Waals surface area contributed by atoms with Gasteiger partial charge in [0.25, 0.3) is 5.56 Å². The molecule has 98 valence electrons. The molecule has 7 nitrogen and oxygen atoms in total. The topological polar surface area (TPSA) is 113 Å². The Hall–Kier alpha value is -2.83. The van der Waals surface area contributed by atoms with E-state index in [1.165, 1.54) is 19.3 Å². The highest BCUT2D eigenvalue weighted by Gasteiger charge is 2.08. The third-order valence-corrected chi connectivity index (χ3v) is 2.61. The van der Waals surface area contributed by atoms with Crippen LogP contribution in [-0.2, 0) is 7.05 Å². The van der Waals surface area contributed by atoms with E-state index in [0.717, 1.165) is 4.57 Å². The standard InChI is InChI=1S/C12H12N4O3/c1-16-10(13)9(11(18)15-12(16)19)14-6-7-4-2-3-5-8(7)17/h2-6,17H,13H2,1H3,(H,15,18,19). The van der Waals surface area contributed by atoms with Crippen LogP contribution in [0.4, 0.5) is 11.5 Å². The predicted molar refractivity (Wildman–Crippen MR) is 72.1 cm³/mol. The van der Waals surface area contributed by atoms with Gasteiger partial charge in [-0.2, -0.15) is 0 Å². The van der Waals surface area contributed by atoms with Crippen molar-refractivity contribution in [3.05, 3.63) is 50.7 Å². The van der Waals surface area contributed by atoms with Crippen LogP contribution in [0.15, 0.2) is 38.8 Å².